The summed E-state index contributed by atoms with van der Waals surface area (Å²) in [6, 6.07) is 5.43. The number of hydrogen-bond donors (Lipinski definition) is 1. The van der Waals surface area contributed by atoms with Crippen molar-refractivity contribution in [3.63, 3.8) is 0 Å². The van der Waals surface area contributed by atoms with Crippen LogP contribution in [0.2, 0.25) is 5.02 Å². The molecule has 2 nitrogen and oxygen atoms in total. The number of nitrogens with one attached hydrogen (secondary N) is 1. The molecule has 0 aliphatic heterocycles. The van der Waals surface area contributed by atoms with Gasteiger partial charge in [0.2, 0.25) is 0 Å². The minimum absolute atomic E-state index is 0.0413. The van der Waals surface area contributed by atoms with Crippen molar-refractivity contribution in [2.75, 3.05) is 0 Å². The molecule has 0 aliphatic rings. The van der Waals surface area contributed by atoms with Gasteiger partial charge in [-0.1, -0.05) is 44.2 Å². The molecule has 1 amide bonds. The number of amides is 1. The maximum absolute atomic E-state index is 12.0. The molecule has 1 rings (SSSR count). The van der Waals surface area contributed by atoms with Crippen molar-refractivity contribution in [2.45, 2.75) is 52.0 Å². The van der Waals surface area contributed by atoms with Crippen LogP contribution in [0.1, 0.15) is 56.3 Å². The molecular formula is C15H21BrClNO. The zero-order valence-electron chi connectivity index (χ0n) is 11.5. The smallest absolute Gasteiger partial charge is 0.251 e. The SMILES string of the molecule is CCCCCCC(C)NC(=O)c1ccc(Cl)c(Br)c1. The molecule has 0 aromatic heterocycles. The summed E-state index contributed by atoms with van der Waals surface area (Å²) >= 11 is 9.24. The lowest BCUT2D eigenvalue weighted by Crippen LogP contribution is -2.32. The Balaban J connectivity index is 2.43. The van der Waals surface area contributed by atoms with Crippen LogP contribution in [0.3, 0.4) is 0 Å². The van der Waals surface area contributed by atoms with Gasteiger partial charge in [0.25, 0.3) is 5.91 Å². The van der Waals surface area contributed by atoms with E-state index in [0.29, 0.717) is 10.6 Å². The Bertz CT molecular complexity index is 423. The average Bonchev–Trinajstić information content (AvgIpc) is 2.38. The van der Waals surface area contributed by atoms with Crippen LogP contribution in [0.4, 0.5) is 0 Å². The molecule has 1 aromatic rings. The first kappa shape index (κ1) is 16.5. The molecule has 0 heterocycles. The minimum atomic E-state index is -0.0413. The van der Waals surface area contributed by atoms with Gasteiger partial charge in [0.05, 0.1) is 5.02 Å². The summed E-state index contributed by atoms with van der Waals surface area (Å²) in [6.45, 7) is 4.25. The number of carbonyl (C=O) groups is 1. The number of halogens is 2. The summed E-state index contributed by atoms with van der Waals surface area (Å²) in [5.74, 6) is -0.0413. The Morgan fingerprint density at radius 3 is 2.74 bits per heavy atom. The topological polar surface area (TPSA) is 29.1 Å². The van der Waals surface area contributed by atoms with Gasteiger partial charge in [-0.3, -0.25) is 4.79 Å². The van der Waals surface area contributed by atoms with Crippen molar-refractivity contribution in [1.82, 2.24) is 5.32 Å². The molecule has 106 valence electrons. The Morgan fingerprint density at radius 2 is 2.11 bits per heavy atom. The highest BCUT2D eigenvalue weighted by Gasteiger charge is 2.10. The Kier molecular flexibility index (Phi) is 7.47. The molecule has 19 heavy (non-hydrogen) atoms. The second-order valence-corrected chi connectivity index (χ2v) is 6.11. The van der Waals surface area contributed by atoms with Crippen molar-refractivity contribution in [1.29, 1.82) is 0 Å². The van der Waals surface area contributed by atoms with E-state index in [0.717, 1.165) is 10.9 Å². The molecule has 1 unspecified atom stereocenters. The molecule has 0 aliphatic carbocycles. The van der Waals surface area contributed by atoms with E-state index in [4.69, 9.17) is 11.6 Å². The number of rotatable bonds is 7. The van der Waals surface area contributed by atoms with Gasteiger partial charge >= 0.3 is 0 Å². The molecule has 1 aromatic carbocycles. The zero-order chi connectivity index (χ0) is 14.3. The van der Waals surface area contributed by atoms with E-state index >= 15 is 0 Å². The standard InChI is InChI=1S/C15H21BrClNO/c1-3-4-5-6-7-11(2)18-15(19)12-8-9-14(17)13(16)10-12/h8-11H,3-7H2,1-2H3,(H,18,19). The van der Waals surface area contributed by atoms with Gasteiger partial charge in [0.15, 0.2) is 0 Å². The van der Waals surface area contributed by atoms with Crippen molar-refractivity contribution >= 4 is 33.4 Å². The summed E-state index contributed by atoms with van der Waals surface area (Å²) < 4.78 is 0.748. The van der Waals surface area contributed by atoms with Crippen LogP contribution in [0, 0.1) is 0 Å². The van der Waals surface area contributed by atoms with E-state index in [1.807, 2.05) is 0 Å². The quantitative estimate of drug-likeness (QED) is 0.676. The van der Waals surface area contributed by atoms with Crippen LogP contribution in [-0.2, 0) is 0 Å². The van der Waals surface area contributed by atoms with E-state index in [1.165, 1.54) is 25.7 Å². The first-order chi connectivity index (χ1) is 9.04. The van der Waals surface area contributed by atoms with Crippen molar-refractivity contribution < 1.29 is 4.79 Å². The van der Waals surface area contributed by atoms with Gasteiger partial charge in [0, 0.05) is 16.1 Å². The van der Waals surface area contributed by atoms with E-state index < -0.39 is 0 Å². The van der Waals surface area contributed by atoms with Crippen LogP contribution >= 0.6 is 27.5 Å². The number of benzene rings is 1. The fourth-order valence-electron chi connectivity index (χ4n) is 1.89. The van der Waals surface area contributed by atoms with Crippen molar-refractivity contribution in [2.24, 2.45) is 0 Å². The molecule has 0 radical (unpaired) electrons. The number of unbranched alkanes of at least 4 members (excludes halogenated alkanes) is 3. The van der Waals surface area contributed by atoms with E-state index in [9.17, 15) is 4.79 Å². The van der Waals surface area contributed by atoms with E-state index in [1.54, 1.807) is 18.2 Å². The lowest BCUT2D eigenvalue weighted by molar-refractivity contribution is 0.0938. The molecule has 0 bridgehead atoms. The molecule has 0 fully saturated rings. The largest absolute Gasteiger partial charge is 0.350 e. The van der Waals surface area contributed by atoms with Crippen molar-refractivity contribution in [3.05, 3.63) is 33.3 Å². The summed E-state index contributed by atoms with van der Waals surface area (Å²) in [5, 5.41) is 3.63. The second-order valence-electron chi connectivity index (χ2n) is 4.85. The predicted molar refractivity (Wildman–Crippen MR) is 84.8 cm³/mol. The van der Waals surface area contributed by atoms with Crippen LogP contribution in [0.25, 0.3) is 0 Å². The number of carbonyl (C=O) groups excluding carboxylic acids is 1. The fraction of sp³-hybridized carbons (Fsp3) is 0.533. The highest BCUT2D eigenvalue weighted by atomic mass is 79.9. The van der Waals surface area contributed by atoms with E-state index in [-0.39, 0.29) is 11.9 Å². The van der Waals surface area contributed by atoms with Gasteiger partial charge in [-0.2, -0.15) is 0 Å². The lowest BCUT2D eigenvalue weighted by atomic mass is 10.1. The minimum Gasteiger partial charge on any atom is -0.350 e. The number of hydrogen-bond acceptors (Lipinski definition) is 1. The molecular weight excluding hydrogens is 326 g/mol. The van der Waals surface area contributed by atoms with Crippen molar-refractivity contribution in [3.8, 4) is 0 Å². The van der Waals surface area contributed by atoms with Gasteiger partial charge in [-0.05, 0) is 47.5 Å². The van der Waals surface area contributed by atoms with Gasteiger partial charge in [0.1, 0.15) is 0 Å². The maximum Gasteiger partial charge on any atom is 0.251 e. The highest BCUT2D eigenvalue weighted by Crippen LogP contribution is 2.23. The molecule has 1 N–H and O–H groups in total. The lowest BCUT2D eigenvalue weighted by Gasteiger charge is -2.14. The third-order valence-electron chi connectivity index (χ3n) is 3.05. The molecule has 1 atom stereocenters. The summed E-state index contributed by atoms with van der Waals surface area (Å²) in [5.41, 5.74) is 0.636. The molecule has 0 spiro atoms. The summed E-state index contributed by atoms with van der Waals surface area (Å²) in [6.07, 6.45) is 5.94. The maximum atomic E-state index is 12.0. The van der Waals surface area contributed by atoms with Crippen LogP contribution in [0.15, 0.2) is 22.7 Å². The normalized spacial score (nSPS) is 12.2. The predicted octanol–water partition coefficient (Wildman–Crippen LogP) is 5.19. The van der Waals surface area contributed by atoms with Gasteiger partial charge < -0.3 is 5.32 Å². The summed E-state index contributed by atoms with van der Waals surface area (Å²) in [7, 11) is 0. The fourth-order valence-corrected chi connectivity index (χ4v) is 2.39. The highest BCUT2D eigenvalue weighted by molar-refractivity contribution is 9.10. The second kappa shape index (κ2) is 8.60. The van der Waals surface area contributed by atoms with Gasteiger partial charge in [-0.25, -0.2) is 0 Å². The van der Waals surface area contributed by atoms with Crippen LogP contribution in [-0.4, -0.2) is 11.9 Å². The Labute approximate surface area is 129 Å². The Hall–Kier alpha value is -0.540. The third kappa shape index (κ3) is 5.96. The molecule has 4 heteroatoms. The monoisotopic (exact) mass is 345 g/mol. The van der Waals surface area contributed by atoms with Crippen LogP contribution in [0.5, 0.6) is 0 Å². The van der Waals surface area contributed by atoms with E-state index in [2.05, 4.69) is 35.1 Å². The molecule has 0 saturated carbocycles. The Morgan fingerprint density at radius 1 is 1.37 bits per heavy atom. The third-order valence-corrected chi connectivity index (χ3v) is 4.26. The molecule has 0 saturated heterocycles. The first-order valence-corrected chi connectivity index (χ1v) is 7.97. The average molecular weight is 347 g/mol. The first-order valence-electron chi connectivity index (χ1n) is 6.80. The van der Waals surface area contributed by atoms with Gasteiger partial charge in [-0.15, -0.1) is 0 Å². The van der Waals surface area contributed by atoms with Crippen LogP contribution < -0.4 is 5.32 Å². The summed E-state index contributed by atoms with van der Waals surface area (Å²) in [4.78, 5) is 12.0. The zero-order valence-corrected chi connectivity index (χ0v) is 13.9.